The van der Waals surface area contributed by atoms with Gasteiger partial charge >= 0.3 is 0 Å². The summed E-state index contributed by atoms with van der Waals surface area (Å²) in [5.74, 6) is 0. The largest absolute Gasteiger partial charge is 0.354 e. The van der Waals surface area contributed by atoms with E-state index in [4.69, 9.17) is 0 Å². The van der Waals surface area contributed by atoms with Crippen LogP contribution in [0.4, 0.5) is 0 Å². The maximum Gasteiger partial charge on any atom is 0.0474 e. The van der Waals surface area contributed by atoms with Crippen molar-refractivity contribution in [3.63, 3.8) is 0 Å². The number of H-pyrrole nitrogens is 1. The molecule has 1 aliphatic carbocycles. The Kier molecular flexibility index (Phi) is 3.57. The van der Waals surface area contributed by atoms with Crippen LogP contribution in [0.15, 0.2) is 48.5 Å². The first kappa shape index (κ1) is 14.3. The van der Waals surface area contributed by atoms with Gasteiger partial charge in [0, 0.05) is 21.8 Å². The molecule has 0 aliphatic heterocycles. The molecule has 1 aliphatic rings. The third-order valence-electron chi connectivity index (χ3n) is 4.69. The number of aromatic amines is 1. The predicted octanol–water partition coefficient (Wildman–Crippen LogP) is 6.38. The number of hydrogen-bond acceptors (Lipinski definition) is 0. The summed E-state index contributed by atoms with van der Waals surface area (Å²) in [6, 6.07) is 17.8. The Hall–Kier alpha value is -2.28. The lowest BCUT2D eigenvalue weighted by Crippen LogP contribution is -2.01. The van der Waals surface area contributed by atoms with E-state index in [-0.39, 0.29) is 0 Å². The number of para-hydroxylation sites is 1. The van der Waals surface area contributed by atoms with Gasteiger partial charge in [-0.05, 0) is 53.3 Å². The number of fused-ring (bicyclic) bond motifs is 4. The fourth-order valence-corrected chi connectivity index (χ4v) is 3.87. The minimum Gasteiger partial charge on any atom is -0.354 e. The summed E-state index contributed by atoms with van der Waals surface area (Å²) in [6.07, 6.45) is 4.95. The summed E-state index contributed by atoms with van der Waals surface area (Å²) < 4.78 is 0. The van der Waals surface area contributed by atoms with Crippen LogP contribution in [0, 0.1) is 0 Å². The summed E-state index contributed by atoms with van der Waals surface area (Å²) >= 11 is 0. The van der Waals surface area contributed by atoms with Crippen molar-refractivity contribution < 1.29 is 0 Å². The summed E-state index contributed by atoms with van der Waals surface area (Å²) in [5, 5.41) is 5.67. The van der Waals surface area contributed by atoms with Gasteiger partial charge in [0.05, 0.1) is 0 Å². The van der Waals surface area contributed by atoms with Crippen molar-refractivity contribution in [3.8, 4) is 0 Å². The summed E-state index contributed by atoms with van der Waals surface area (Å²) in [7, 11) is 0. The van der Waals surface area contributed by atoms with E-state index in [1.807, 2.05) is 0 Å². The summed E-state index contributed by atoms with van der Waals surface area (Å²) in [5.41, 5.74) is 5.56. The Morgan fingerprint density at radius 1 is 0.783 bits per heavy atom. The number of nitrogens with one attached hydrogen (secondary N) is 1. The van der Waals surface area contributed by atoms with Gasteiger partial charge in [0.2, 0.25) is 0 Å². The first-order valence-electron chi connectivity index (χ1n) is 8.77. The molecule has 0 saturated carbocycles. The Balaban J connectivity index is 0.000000421. The van der Waals surface area contributed by atoms with E-state index < -0.39 is 0 Å². The second-order valence-electron chi connectivity index (χ2n) is 6.53. The van der Waals surface area contributed by atoms with Crippen molar-refractivity contribution in [2.75, 3.05) is 0 Å². The molecular weight excluding hydrogens is 278 g/mol. The highest BCUT2D eigenvalue weighted by molar-refractivity contribution is 6.21. The standard InChI is InChI=1S/C19H15N.C3H8/c1-2-10-16-14(8-1)19-15-9-4-6-12-5-3-7-13(18(12)15)11-17(19)20-16;1-3-2/h1-2,4,6,8-11,20H,3,5,7H2;3H2,1-2H3. The summed E-state index contributed by atoms with van der Waals surface area (Å²) in [6.45, 7) is 4.25. The fraction of sp³-hybridized carbons (Fsp3) is 0.273. The molecule has 5 rings (SSSR count). The molecule has 1 N–H and O–H groups in total. The number of aromatic nitrogens is 1. The first-order chi connectivity index (χ1) is 11.3. The zero-order valence-corrected chi connectivity index (χ0v) is 13.9. The molecule has 1 nitrogen and oxygen atoms in total. The maximum atomic E-state index is 3.59. The average molecular weight is 301 g/mol. The van der Waals surface area contributed by atoms with Crippen LogP contribution in [0.3, 0.4) is 0 Å². The molecule has 116 valence electrons. The van der Waals surface area contributed by atoms with E-state index in [0.717, 1.165) is 0 Å². The molecule has 0 spiro atoms. The van der Waals surface area contributed by atoms with Crippen molar-refractivity contribution in [3.05, 3.63) is 59.7 Å². The first-order valence-corrected chi connectivity index (χ1v) is 8.77. The van der Waals surface area contributed by atoms with Gasteiger partial charge in [-0.25, -0.2) is 0 Å². The van der Waals surface area contributed by atoms with Crippen LogP contribution in [-0.4, -0.2) is 4.98 Å². The third kappa shape index (κ3) is 2.23. The Labute approximate surface area is 137 Å². The monoisotopic (exact) mass is 301 g/mol. The van der Waals surface area contributed by atoms with Crippen LogP contribution >= 0.6 is 0 Å². The zero-order valence-electron chi connectivity index (χ0n) is 13.9. The van der Waals surface area contributed by atoms with Gasteiger partial charge in [-0.3, -0.25) is 0 Å². The highest BCUT2D eigenvalue weighted by Crippen LogP contribution is 2.38. The van der Waals surface area contributed by atoms with Crippen LogP contribution < -0.4 is 0 Å². The van der Waals surface area contributed by atoms with Crippen LogP contribution in [0.1, 0.15) is 37.8 Å². The normalized spacial score (nSPS) is 13.3. The molecule has 1 heterocycles. The lowest BCUT2D eigenvalue weighted by atomic mass is 9.87. The van der Waals surface area contributed by atoms with Crippen LogP contribution in [-0.2, 0) is 12.8 Å². The zero-order chi connectivity index (χ0) is 15.8. The molecule has 4 aromatic rings. The van der Waals surface area contributed by atoms with E-state index in [1.54, 1.807) is 0 Å². The van der Waals surface area contributed by atoms with Crippen molar-refractivity contribution in [1.82, 2.24) is 4.98 Å². The lowest BCUT2D eigenvalue weighted by molar-refractivity contribution is 0.809. The predicted molar refractivity (Wildman–Crippen MR) is 101 cm³/mol. The molecule has 0 atom stereocenters. The number of aryl methyl sites for hydroxylation is 2. The Morgan fingerprint density at radius 3 is 2.39 bits per heavy atom. The highest BCUT2D eigenvalue weighted by atomic mass is 14.7. The molecular formula is C22H23N. The van der Waals surface area contributed by atoms with Gasteiger partial charge in [0.1, 0.15) is 0 Å². The van der Waals surface area contributed by atoms with E-state index in [0.29, 0.717) is 0 Å². The van der Waals surface area contributed by atoms with E-state index in [9.17, 15) is 0 Å². The second-order valence-corrected chi connectivity index (χ2v) is 6.53. The molecule has 3 aromatic carbocycles. The molecule has 0 radical (unpaired) electrons. The molecule has 23 heavy (non-hydrogen) atoms. The molecule has 0 fully saturated rings. The van der Waals surface area contributed by atoms with Crippen molar-refractivity contribution >= 4 is 32.6 Å². The minimum atomic E-state index is 1.21. The SMILES string of the molecule is CCC.c1ccc2c(c1)[nH]c1cc3c4c(cccc4c12)CCC3. The molecule has 0 unspecified atom stereocenters. The highest BCUT2D eigenvalue weighted by Gasteiger charge is 2.16. The smallest absolute Gasteiger partial charge is 0.0474 e. The van der Waals surface area contributed by atoms with E-state index in [1.165, 1.54) is 69.4 Å². The van der Waals surface area contributed by atoms with Crippen LogP contribution in [0.25, 0.3) is 32.6 Å². The van der Waals surface area contributed by atoms with E-state index in [2.05, 4.69) is 67.4 Å². The van der Waals surface area contributed by atoms with Gasteiger partial charge < -0.3 is 4.98 Å². The minimum absolute atomic E-state index is 1.21. The topological polar surface area (TPSA) is 15.8 Å². The fourth-order valence-electron chi connectivity index (χ4n) is 3.87. The Bertz CT molecular complexity index is 991. The molecule has 1 heteroatoms. The average Bonchev–Trinajstić information content (AvgIpc) is 2.94. The summed E-state index contributed by atoms with van der Waals surface area (Å²) in [4.78, 5) is 3.59. The molecule has 0 saturated heterocycles. The maximum absolute atomic E-state index is 3.59. The van der Waals surface area contributed by atoms with Crippen LogP contribution in [0.2, 0.25) is 0 Å². The van der Waals surface area contributed by atoms with Gasteiger partial charge in [0.15, 0.2) is 0 Å². The van der Waals surface area contributed by atoms with Crippen molar-refractivity contribution in [2.24, 2.45) is 0 Å². The Morgan fingerprint density at radius 2 is 1.52 bits per heavy atom. The number of hydrogen-bond donors (Lipinski definition) is 1. The van der Waals surface area contributed by atoms with Crippen LogP contribution in [0.5, 0.6) is 0 Å². The lowest BCUT2D eigenvalue weighted by Gasteiger charge is -2.17. The van der Waals surface area contributed by atoms with Gasteiger partial charge in [-0.1, -0.05) is 56.7 Å². The molecule has 1 aromatic heterocycles. The molecule has 0 bridgehead atoms. The van der Waals surface area contributed by atoms with Gasteiger partial charge in [-0.15, -0.1) is 0 Å². The van der Waals surface area contributed by atoms with Crippen molar-refractivity contribution in [1.29, 1.82) is 0 Å². The van der Waals surface area contributed by atoms with Crippen molar-refractivity contribution in [2.45, 2.75) is 39.5 Å². The van der Waals surface area contributed by atoms with Gasteiger partial charge in [0.25, 0.3) is 0 Å². The third-order valence-corrected chi connectivity index (χ3v) is 4.69. The van der Waals surface area contributed by atoms with Gasteiger partial charge in [-0.2, -0.15) is 0 Å². The number of rotatable bonds is 0. The second kappa shape index (κ2) is 5.73. The number of benzene rings is 3. The van der Waals surface area contributed by atoms with E-state index >= 15 is 0 Å². The molecule has 0 amide bonds. The quantitative estimate of drug-likeness (QED) is 0.388.